The number of fused-ring (bicyclic) bond motifs is 2. The predicted octanol–water partition coefficient (Wildman–Crippen LogP) is 7.53. The van der Waals surface area contributed by atoms with Gasteiger partial charge in [0.2, 0.25) is 0 Å². The molecule has 1 aromatic rings. The van der Waals surface area contributed by atoms with Gasteiger partial charge >= 0.3 is 0 Å². The number of rotatable bonds is 9. The highest BCUT2D eigenvalue weighted by Gasteiger charge is 2.36. The second-order valence-corrected chi connectivity index (χ2v) is 15.6. The molecule has 0 spiro atoms. The highest BCUT2D eigenvalue weighted by atomic mass is 28.3. The zero-order valence-electron chi connectivity index (χ0n) is 22.4. The standard InChI is InChI=1S/C32H44O3Si/c1-5-13-26-20-21-32-31(33-26)23-22-30-29(35-32)17-12-16-28(36(6-2,7-3)8-4)24-27(34-30)19-18-25-14-10-9-11-15-25/h5,9-12,14-16,20-24,26-27,29-32H,1,6-8,13,17-19H2,2-4H3/b16-12-,28-24-/t26-,27-,29-,30+,31-,32+/m1/s1. The summed E-state index contributed by atoms with van der Waals surface area (Å²) in [4.78, 5) is 0. The van der Waals surface area contributed by atoms with Gasteiger partial charge in [-0.25, -0.2) is 0 Å². The van der Waals surface area contributed by atoms with E-state index in [2.05, 4.69) is 100 Å². The molecule has 0 saturated carbocycles. The van der Waals surface area contributed by atoms with Gasteiger partial charge in [-0.3, -0.25) is 0 Å². The summed E-state index contributed by atoms with van der Waals surface area (Å²) in [6.45, 7) is 11.0. The summed E-state index contributed by atoms with van der Waals surface area (Å²) in [6.07, 6.45) is 21.2. The largest absolute Gasteiger partial charge is 0.364 e. The van der Waals surface area contributed by atoms with Gasteiger partial charge in [0.05, 0.1) is 26.4 Å². The third kappa shape index (κ3) is 6.47. The SMILES string of the molecule is C=CC[C@@H]1C=C[C@@H]2O[C@@H]3C/C=C\C([Si](CC)(CC)CC)=C\[C@@H](CCc4ccccc4)O[C@H]3C=C[C@H]2O1. The molecule has 1 aromatic carbocycles. The number of benzene rings is 1. The number of ether oxygens (including phenoxy) is 3. The number of aryl methyl sites for hydroxylation is 1. The topological polar surface area (TPSA) is 27.7 Å². The van der Waals surface area contributed by atoms with Crippen LogP contribution in [-0.2, 0) is 20.6 Å². The molecule has 6 atom stereocenters. The first kappa shape index (κ1) is 27.1. The summed E-state index contributed by atoms with van der Waals surface area (Å²) in [7, 11) is -1.55. The molecule has 36 heavy (non-hydrogen) atoms. The van der Waals surface area contributed by atoms with Gasteiger partial charge in [0, 0.05) is 0 Å². The smallest absolute Gasteiger partial charge is 0.106 e. The van der Waals surface area contributed by atoms with Crippen molar-refractivity contribution in [3.8, 4) is 0 Å². The van der Waals surface area contributed by atoms with E-state index in [0.717, 1.165) is 25.7 Å². The maximum Gasteiger partial charge on any atom is 0.106 e. The van der Waals surface area contributed by atoms with E-state index in [1.165, 1.54) is 23.7 Å². The molecule has 4 heteroatoms. The van der Waals surface area contributed by atoms with Gasteiger partial charge in [-0.15, -0.1) is 6.58 Å². The molecule has 0 amide bonds. The monoisotopic (exact) mass is 504 g/mol. The Morgan fingerprint density at radius 3 is 2.25 bits per heavy atom. The van der Waals surface area contributed by atoms with Gasteiger partial charge in [-0.2, -0.15) is 0 Å². The molecule has 0 N–H and O–H groups in total. The second kappa shape index (κ2) is 13.0. The number of hydrogen-bond donors (Lipinski definition) is 0. The van der Waals surface area contributed by atoms with Crippen molar-refractivity contribution in [3.05, 3.63) is 96.3 Å². The Labute approximate surface area is 219 Å². The van der Waals surface area contributed by atoms with Crippen LogP contribution in [0.5, 0.6) is 0 Å². The van der Waals surface area contributed by atoms with Gasteiger partial charge in [-0.1, -0.05) is 123 Å². The molecule has 3 heterocycles. The lowest BCUT2D eigenvalue weighted by molar-refractivity contribution is -0.117. The molecular formula is C32H44O3Si. The minimum absolute atomic E-state index is 0.0374. The third-order valence-corrected chi connectivity index (χ3v) is 13.9. The molecular weight excluding hydrogens is 460 g/mol. The summed E-state index contributed by atoms with van der Waals surface area (Å²) in [5, 5.41) is 1.56. The van der Waals surface area contributed by atoms with E-state index < -0.39 is 8.07 Å². The lowest BCUT2D eigenvalue weighted by Crippen LogP contribution is -2.39. The minimum atomic E-state index is -1.55. The van der Waals surface area contributed by atoms with Crippen LogP contribution in [0.15, 0.2) is 90.7 Å². The Kier molecular flexibility index (Phi) is 9.78. The van der Waals surface area contributed by atoms with Crippen molar-refractivity contribution in [2.45, 2.75) is 101 Å². The minimum Gasteiger partial charge on any atom is -0.364 e. The number of hydrogen-bond acceptors (Lipinski definition) is 3. The third-order valence-electron chi connectivity index (χ3n) is 8.33. The zero-order valence-corrected chi connectivity index (χ0v) is 23.4. The van der Waals surface area contributed by atoms with Crippen LogP contribution in [-0.4, -0.2) is 44.7 Å². The van der Waals surface area contributed by atoms with Gasteiger partial charge in [0.25, 0.3) is 0 Å². The van der Waals surface area contributed by atoms with Gasteiger partial charge < -0.3 is 14.2 Å². The quantitative estimate of drug-likeness (QED) is 0.257. The number of allylic oxidation sites excluding steroid dienone is 2. The van der Waals surface area contributed by atoms with E-state index >= 15 is 0 Å². The van der Waals surface area contributed by atoms with Crippen LogP contribution in [0.3, 0.4) is 0 Å². The van der Waals surface area contributed by atoms with E-state index in [1.54, 1.807) is 5.20 Å². The predicted molar refractivity (Wildman–Crippen MR) is 153 cm³/mol. The van der Waals surface area contributed by atoms with E-state index in [1.807, 2.05) is 6.08 Å². The molecule has 4 rings (SSSR count). The molecule has 194 valence electrons. The van der Waals surface area contributed by atoms with Gasteiger partial charge in [-0.05, 0) is 31.2 Å². The average molecular weight is 505 g/mol. The molecule has 0 aliphatic carbocycles. The van der Waals surface area contributed by atoms with Crippen molar-refractivity contribution >= 4 is 8.07 Å². The molecule has 3 aliphatic rings. The van der Waals surface area contributed by atoms with Crippen molar-refractivity contribution in [1.29, 1.82) is 0 Å². The van der Waals surface area contributed by atoms with Crippen LogP contribution < -0.4 is 0 Å². The molecule has 0 fully saturated rings. The fourth-order valence-corrected chi connectivity index (χ4v) is 9.57. The van der Waals surface area contributed by atoms with Crippen molar-refractivity contribution < 1.29 is 14.2 Å². The van der Waals surface area contributed by atoms with Gasteiger partial charge in [0.15, 0.2) is 0 Å². The fourth-order valence-electron chi connectivity index (χ4n) is 5.84. The first-order valence-electron chi connectivity index (χ1n) is 14.0. The zero-order chi connectivity index (χ0) is 25.4. The van der Waals surface area contributed by atoms with Crippen LogP contribution in [0.2, 0.25) is 18.1 Å². The molecule has 3 aliphatic heterocycles. The summed E-state index contributed by atoms with van der Waals surface area (Å²) in [5.74, 6) is 0. The lowest BCUT2D eigenvalue weighted by atomic mass is 10.1. The highest BCUT2D eigenvalue weighted by Crippen LogP contribution is 2.34. The normalized spacial score (nSPS) is 32.6. The Morgan fingerprint density at radius 1 is 0.861 bits per heavy atom. The van der Waals surface area contributed by atoms with Crippen LogP contribution in [0.25, 0.3) is 0 Å². The van der Waals surface area contributed by atoms with E-state index in [0.29, 0.717) is 0 Å². The van der Waals surface area contributed by atoms with Crippen molar-refractivity contribution in [1.82, 2.24) is 0 Å². The van der Waals surface area contributed by atoms with Crippen LogP contribution in [0, 0.1) is 0 Å². The van der Waals surface area contributed by atoms with Crippen molar-refractivity contribution in [2.24, 2.45) is 0 Å². The summed E-state index contributed by atoms with van der Waals surface area (Å²) >= 11 is 0. The summed E-state index contributed by atoms with van der Waals surface area (Å²) in [6, 6.07) is 14.6. The molecule has 0 unspecified atom stereocenters. The van der Waals surface area contributed by atoms with Crippen molar-refractivity contribution in [3.63, 3.8) is 0 Å². The average Bonchev–Trinajstić information content (AvgIpc) is 3.02. The van der Waals surface area contributed by atoms with Crippen LogP contribution in [0.4, 0.5) is 0 Å². The second-order valence-electron chi connectivity index (χ2n) is 10.3. The Bertz CT molecular complexity index is 951. The maximum atomic E-state index is 6.91. The molecule has 0 radical (unpaired) electrons. The summed E-state index contributed by atoms with van der Waals surface area (Å²) in [5.41, 5.74) is 1.36. The first-order valence-corrected chi connectivity index (χ1v) is 16.6. The van der Waals surface area contributed by atoms with Gasteiger partial charge in [0.1, 0.15) is 18.3 Å². The molecule has 0 saturated heterocycles. The maximum absolute atomic E-state index is 6.91. The van der Waals surface area contributed by atoms with Crippen molar-refractivity contribution in [2.75, 3.05) is 0 Å². The molecule has 0 aromatic heterocycles. The molecule has 3 nitrogen and oxygen atoms in total. The van der Waals surface area contributed by atoms with E-state index in [-0.39, 0.29) is 36.6 Å². The molecule has 0 bridgehead atoms. The van der Waals surface area contributed by atoms with E-state index in [4.69, 9.17) is 14.2 Å². The Morgan fingerprint density at radius 2 is 1.53 bits per heavy atom. The van der Waals surface area contributed by atoms with E-state index in [9.17, 15) is 0 Å². The van der Waals surface area contributed by atoms with Crippen LogP contribution >= 0.6 is 0 Å². The first-order chi connectivity index (χ1) is 17.6. The van der Waals surface area contributed by atoms with Crippen LogP contribution in [0.1, 0.15) is 45.6 Å². The Balaban J connectivity index is 1.61. The highest BCUT2D eigenvalue weighted by molar-refractivity contribution is 6.87. The summed E-state index contributed by atoms with van der Waals surface area (Å²) < 4.78 is 19.9. The fraction of sp³-hybridized carbons (Fsp3) is 0.500. The Hall–Kier alpha value is -1.98. The lowest BCUT2D eigenvalue weighted by Gasteiger charge is -2.32.